The zero-order valence-corrected chi connectivity index (χ0v) is 16.2. The van der Waals surface area contributed by atoms with Crippen LogP contribution in [-0.4, -0.2) is 17.9 Å². The van der Waals surface area contributed by atoms with E-state index in [1.807, 2.05) is 66.0 Å². The van der Waals surface area contributed by atoms with E-state index in [4.69, 9.17) is 0 Å². The number of anilines is 1. The molecule has 0 radical (unpaired) electrons. The van der Waals surface area contributed by atoms with Crippen LogP contribution in [0.25, 0.3) is 0 Å². The number of benzene rings is 2. The van der Waals surface area contributed by atoms with Crippen LogP contribution in [0.3, 0.4) is 0 Å². The van der Waals surface area contributed by atoms with Gasteiger partial charge in [0.05, 0.1) is 4.88 Å². The van der Waals surface area contributed by atoms with Gasteiger partial charge in [-0.1, -0.05) is 58.4 Å². The van der Waals surface area contributed by atoms with Gasteiger partial charge >= 0.3 is 0 Å². The molecule has 0 aliphatic carbocycles. The quantitative estimate of drug-likeness (QED) is 0.607. The predicted molar refractivity (Wildman–Crippen MR) is 108 cm³/mol. The summed E-state index contributed by atoms with van der Waals surface area (Å²) in [7, 11) is 0. The molecule has 1 unspecified atom stereocenters. The number of nitrogens with one attached hydrogen (secondary N) is 2. The predicted octanol–water partition coefficient (Wildman–Crippen LogP) is 4.49. The van der Waals surface area contributed by atoms with Crippen LogP contribution in [0.1, 0.15) is 15.2 Å². The standard InChI is InChI=1S/C20H17BrN2O2S/c21-15-8-4-9-16(13-15)22-19(24)17(12-14-6-2-1-3-7-14)23-20(25)18-10-5-11-26-18/h1-11,13,17H,12H2,(H,22,24)(H,23,25). The van der Waals surface area contributed by atoms with Gasteiger partial charge in [-0.25, -0.2) is 0 Å². The highest BCUT2D eigenvalue weighted by molar-refractivity contribution is 9.10. The summed E-state index contributed by atoms with van der Waals surface area (Å²) in [6, 6.07) is 19.9. The molecule has 0 saturated heterocycles. The lowest BCUT2D eigenvalue weighted by Gasteiger charge is -2.18. The van der Waals surface area contributed by atoms with Gasteiger partial charge in [0.1, 0.15) is 6.04 Å². The Kier molecular flexibility index (Phi) is 6.20. The summed E-state index contributed by atoms with van der Waals surface area (Å²) in [4.78, 5) is 25.8. The Balaban J connectivity index is 1.77. The largest absolute Gasteiger partial charge is 0.339 e. The lowest BCUT2D eigenvalue weighted by atomic mass is 10.0. The molecular formula is C20H17BrN2O2S. The van der Waals surface area contributed by atoms with Crippen molar-refractivity contribution < 1.29 is 9.59 Å². The van der Waals surface area contributed by atoms with E-state index < -0.39 is 6.04 Å². The second kappa shape index (κ2) is 8.78. The molecule has 2 amide bonds. The summed E-state index contributed by atoms with van der Waals surface area (Å²) in [6.45, 7) is 0. The molecule has 0 fully saturated rings. The van der Waals surface area contributed by atoms with Gasteiger partial charge in [-0.2, -0.15) is 0 Å². The molecule has 1 aromatic heterocycles. The highest BCUT2D eigenvalue weighted by atomic mass is 79.9. The first-order chi connectivity index (χ1) is 12.6. The maximum absolute atomic E-state index is 12.8. The van der Waals surface area contributed by atoms with Crippen molar-refractivity contribution in [3.05, 3.63) is 87.0 Å². The van der Waals surface area contributed by atoms with E-state index >= 15 is 0 Å². The number of rotatable bonds is 6. The Morgan fingerprint density at radius 3 is 2.50 bits per heavy atom. The van der Waals surface area contributed by atoms with Crippen molar-refractivity contribution in [1.29, 1.82) is 0 Å². The van der Waals surface area contributed by atoms with Gasteiger partial charge in [0.2, 0.25) is 5.91 Å². The Hall–Kier alpha value is -2.44. The molecule has 2 N–H and O–H groups in total. The van der Waals surface area contributed by atoms with Gasteiger partial charge in [-0.05, 0) is 35.2 Å². The van der Waals surface area contributed by atoms with Crippen molar-refractivity contribution in [2.45, 2.75) is 12.5 Å². The SMILES string of the molecule is O=C(NC(Cc1ccccc1)C(=O)Nc1cccc(Br)c1)c1cccs1. The van der Waals surface area contributed by atoms with Crippen LogP contribution in [0.2, 0.25) is 0 Å². The van der Waals surface area contributed by atoms with Gasteiger partial charge in [-0.3, -0.25) is 9.59 Å². The fourth-order valence-electron chi connectivity index (χ4n) is 2.49. The van der Waals surface area contributed by atoms with Crippen LogP contribution >= 0.6 is 27.3 Å². The first-order valence-electron chi connectivity index (χ1n) is 8.06. The molecule has 3 aromatic rings. The molecule has 26 heavy (non-hydrogen) atoms. The number of hydrogen-bond acceptors (Lipinski definition) is 3. The molecule has 6 heteroatoms. The van der Waals surface area contributed by atoms with E-state index in [0.29, 0.717) is 17.0 Å². The molecular weight excluding hydrogens is 412 g/mol. The Morgan fingerprint density at radius 1 is 1.00 bits per heavy atom. The van der Waals surface area contributed by atoms with Crippen LogP contribution in [0, 0.1) is 0 Å². The first-order valence-corrected chi connectivity index (χ1v) is 9.74. The highest BCUT2D eigenvalue weighted by Crippen LogP contribution is 2.17. The zero-order chi connectivity index (χ0) is 18.4. The van der Waals surface area contributed by atoms with Crippen molar-refractivity contribution in [3.63, 3.8) is 0 Å². The van der Waals surface area contributed by atoms with Crippen LogP contribution in [0.4, 0.5) is 5.69 Å². The molecule has 3 rings (SSSR count). The number of carbonyl (C=O) groups excluding carboxylic acids is 2. The highest BCUT2D eigenvalue weighted by Gasteiger charge is 2.22. The Labute approximate surface area is 164 Å². The summed E-state index contributed by atoms with van der Waals surface area (Å²) in [5, 5.41) is 7.56. The number of carbonyl (C=O) groups is 2. The van der Waals surface area contributed by atoms with E-state index in [9.17, 15) is 9.59 Å². The summed E-state index contributed by atoms with van der Waals surface area (Å²) < 4.78 is 0.873. The molecule has 0 bridgehead atoms. The normalized spacial score (nSPS) is 11.6. The van der Waals surface area contributed by atoms with E-state index in [-0.39, 0.29) is 11.8 Å². The topological polar surface area (TPSA) is 58.2 Å². The fourth-order valence-corrected chi connectivity index (χ4v) is 3.52. The maximum atomic E-state index is 12.8. The molecule has 0 aliphatic rings. The Bertz CT molecular complexity index is 882. The minimum Gasteiger partial charge on any atom is -0.339 e. The average Bonchev–Trinajstić information content (AvgIpc) is 3.17. The van der Waals surface area contributed by atoms with Gasteiger partial charge in [0.15, 0.2) is 0 Å². The van der Waals surface area contributed by atoms with Crippen molar-refractivity contribution in [3.8, 4) is 0 Å². The van der Waals surface area contributed by atoms with Crippen LogP contribution < -0.4 is 10.6 Å². The molecule has 132 valence electrons. The van der Waals surface area contributed by atoms with Gasteiger partial charge in [0.25, 0.3) is 5.91 Å². The lowest BCUT2D eigenvalue weighted by molar-refractivity contribution is -0.118. The monoisotopic (exact) mass is 428 g/mol. The second-order valence-electron chi connectivity index (χ2n) is 5.69. The summed E-state index contributed by atoms with van der Waals surface area (Å²) in [5.41, 5.74) is 1.65. The summed E-state index contributed by atoms with van der Waals surface area (Å²) in [6.07, 6.45) is 0.414. The van der Waals surface area contributed by atoms with Crippen molar-refractivity contribution in [1.82, 2.24) is 5.32 Å². The molecule has 1 heterocycles. The van der Waals surface area contributed by atoms with Crippen LogP contribution in [-0.2, 0) is 11.2 Å². The van der Waals surface area contributed by atoms with Gasteiger partial charge < -0.3 is 10.6 Å². The van der Waals surface area contributed by atoms with Gasteiger partial charge in [0, 0.05) is 16.6 Å². The van der Waals surface area contributed by atoms with E-state index in [1.54, 1.807) is 6.07 Å². The van der Waals surface area contributed by atoms with Gasteiger partial charge in [-0.15, -0.1) is 11.3 Å². The smallest absolute Gasteiger partial charge is 0.262 e. The third kappa shape index (κ3) is 5.03. The third-order valence-corrected chi connectivity index (χ3v) is 5.10. The Morgan fingerprint density at radius 2 is 1.81 bits per heavy atom. The van der Waals surface area contributed by atoms with Crippen molar-refractivity contribution >= 4 is 44.8 Å². The molecule has 2 aromatic carbocycles. The first kappa shape index (κ1) is 18.4. The minimum absolute atomic E-state index is 0.245. The number of hydrogen-bond donors (Lipinski definition) is 2. The molecule has 0 spiro atoms. The van der Waals surface area contributed by atoms with Crippen LogP contribution in [0.5, 0.6) is 0 Å². The maximum Gasteiger partial charge on any atom is 0.262 e. The van der Waals surface area contributed by atoms with E-state index in [2.05, 4.69) is 26.6 Å². The summed E-state index contributed by atoms with van der Waals surface area (Å²) in [5.74, 6) is -0.498. The van der Waals surface area contributed by atoms with Crippen molar-refractivity contribution in [2.75, 3.05) is 5.32 Å². The van der Waals surface area contributed by atoms with E-state index in [0.717, 1.165) is 10.0 Å². The van der Waals surface area contributed by atoms with Crippen molar-refractivity contribution in [2.24, 2.45) is 0 Å². The number of halogens is 1. The number of amides is 2. The second-order valence-corrected chi connectivity index (χ2v) is 7.56. The molecule has 4 nitrogen and oxygen atoms in total. The zero-order valence-electron chi connectivity index (χ0n) is 13.8. The molecule has 0 saturated carbocycles. The number of thiophene rings is 1. The fraction of sp³-hybridized carbons (Fsp3) is 0.100. The summed E-state index contributed by atoms with van der Waals surface area (Å²) >= 11 is 4.74. The average molecular weight is 429 g/mol. The van der Waals surface area contributed by atoms with E-state index in [1.165, 1.54) is 11.3 Å². The molecule has 0 aliphatic heterocycles. The minimum atomic E-state index is -0.675. The lowest BCUT2D eigenvalue weighted by Crippen LogP contribution is -2.45. The third-order valence-electron chi connectivity index (χ3n) is 3.74. The molecule has 1 atom stereocenters. The van der Waals surface area contributed by atoms with Crippen LogP contribution in [0.15, 0.2) is 76.6 Å².